The van der Waals surface area contributed by atoms with Crippen molar-refractivity contribution < 1.29 is 19.1 Å². The Morgan fingerprint density at radius 1 is 1.18 bits per heavy atom. The van der Waals surface area contributed by atoms with Crippen LogP contribution < -0.4 is 5.32 Å². The predicted octanol–water partition coefficient (Wildman–Crippen LogP) is 4.89. The number of hydrogen-bond acceptors (Lipinski definition) is 3. The zero-order valence-electron chi connectivity index (χ0n) is 17.8. The predicted molar refractivity (Wildman–Crippen MR) is 124 cm³/mol. The number of allylic oxidation sites excluding steroid dienone is 1. The molecule has 4 rings (SSSR count). The summed E-state index contributed by atoms with van der Waals surface area (Å²) in [6.45, 7) is 0. The smallest absolute Gasteiger partial charge is 0.326 e. The highest BCUT2D eigenvalue weighted by molar-refractivity contribution is 6.30. The second-order valence-corrected chi connectivity index (χ2v) is 8.49. The first-order valence-electron chi connectivity index (χ1n) is 10.7. The number of carboxylic acid groups (broad SMARTS) is 1. The summed E-state index contributed by atoms with van der Waals surface area (Å²) >= 11 is 6.11. The summed E-state index contributed by atoms with van der Waals surface area (Å²) < 4.78 is 13.2. The third kappa shape index (κ3) is 5.49. The van der Waals surface area contributed by atoms with Gasteiger partial charge in [-0.2, -0.15) is 5.10 Å². The van der Waals surface area contributed by atoms with E-state index >= 15 is 0 Å². The number of hydrogen-bond donors (Lipinski definition) is 3. The summed E-state index contributed by atoms with van der Waals surface area (Å²) in [5, 5.41) is 20.0. The molecule has 0 saturated carbocycles. The molecule has 1 atom stereocenters. The number of aromatic nitrogens is 2. The molecule has 33 heavy (non-hydrogen) atoms. The van der Waals surface area contributed by atoms with Crippen molar-refractivity contribution in [2.24, 2.45) is 0 Å². The Bertz CT molecular complexity index is 1200. The van der Waals surface area contributed by atoms with Crippen molar-refractivity contribution in [3.8, 4) is 0 Å². The first-order valence-corrected chi connectivity index (χ1v) is 11.1. The van der Waals surface area contributed by atoms with Gasteiger partial charge in [-0.1, -0.05) is 35.9 Å². The number of rotatable bonds is 6. The number of aliphatic carboxylic acids is 1. The maximum atomic E-state index is 13.2. The molecule has 6 nitrogen and oxygen atoms in total. The summed E-state index contributed by atoms with van der Waals surface area (Å²) in [6, 6.07) is 11.9. The third-order valence-electron chi connectivity index (χ3n) is 5.67. The lowest BCUT2D eigenvalue weighted by Gasteiger charge is -2.14. The van der Waals surface area contributed by atoms with Crippen molar-refractivity contribution in [2.75, 3.05) is 0 Å². The molecule has 1 amide bonds. The van der Waals surface area contributed by atoms with Crippen LogP contribution >= 0.6 is 11.6 Å². The highest BCUT2D eigenvalue weighted by Gasteiger charge is 2.27. The van der Waals surface area contributed by atoms with Gasteiger partial charge in [-0.3, -0.25) is 9.89 Å². The maximum Gasteiger partial charge on any atom is 0.326 e. The SMILES string of the molecule is O=C(N[C@H](Cc1ccc(F)cc1)C(=O)O)c1n[nH]c2c1CCCC/C2=C\c1cccc(Cl)c1. The fourth-order valence-corrected chi connectivity index (χ4v) is 4.23. The van der Waals surface area contributed by atoms with Crippen LogP contribution in [0.25, 0.3) is 11.6 Å². The molecule has 1 aliphatic carbocycles. The lowest BCUT2D eigenvalue weighted by molar-refractivity contribution is -0.139. The molecule has 2 aromatic carbocycles. The molecule has 3 N–H and O–H groups in total. The van der Waals surface area contributed by atoms with Crippen LogP contribution in [0.3, 0.4) is 0 Å². The van der Waals surface area contributed by atoms with Crippen LogP contribution in [-0.2, 0) is 17.6 Å². The minimum absolute atomic E-state index is 0.0356. The summed E-state index contributed by atoms with van der Waals surface area (Å²) in [4.78, 5) is 24.8. The minimum Gasteiger partial charge on any atom is -0.480 e. The molecule has 0 saturated heterocycles. The van der Waals surface area contributed by atoms with Crippen LogP contribution in [0, 0.1) is 5.82 Å². The quantitative estimate of drug-likeness (QED) is 0.449. The van der Waals surface area contributed by atoms with Crippen molar-refractivity contribution in [2.45, 2.75) is 38.1 Å². The van der Waals surface area contributed by atoms with E-state index in [0.29, 0.717) is 17.0 Å². The van der Waals surface area contributed by atoms with E-state index in [9.17, 15) is 19.1 Å². The molecule has 0 aliphatic heterocycles. The van der Waals surface area contributed by atoms with E-state index in [4.69, 9.17) is 11.6 Å². The number of nitrogens with zero attached hydrogens (tertiary/aromatic N) is 1. The van der Waals surface area contributed by atoms with Gasteiger partial charge in [-0.05, 0) is 72.7 Å². The molecule has 1 aromatic heterocycles. The van der Waals surface area contributed by atoms with Crippen molar-refractivity contribution in [3.05, 3.63) is 87.4 Å². The molecular formula is C25H23ClFN3O3. The van der Waals surface area contributed by atoms with Crippen molar-refractivity contribution in [3.63, 3.8) is 0 Å². The van der Waals surface area contributed by atoms with E-state index < -0.39 is 23.7 Å². The van der Waals surface area contributed by atoms with E-state index in [1.807, 2.05) is 30.3 Å². The van der Waals surface area contributed by atoms with Gasteiger partial charge in [0, 0.05) is 17.0 Å². The fraction of sp³-hybridized carbons (Fsp3) is 0.240. The second-order valence-electron chi connectivity index (χ2n) is 8.05. The van der Waals surface area contributed by atoms with E-state index in [1.54, 1.807) is 0 Å². The van der Waals surface area contributed by atoms with Gasteiger partial charge < -0.3 is 10.4 Å². The summed E-state index contributed by atoms with van der Waals surface area (Å²) in [5.41, 5.74) is 4.37. The summed E-state index contributed by atoms with van der Waals surface area (Å²) in [7, 11) is 0. The van der Waals surface area contributed by atoms with Gasteiger partial charge >= 0.3 is 5.97 Å². The van der Waals surface area contributed by atoms with Gasteiger partial charge in [0.15, 0.2) is 5.69 Å². The van der Waals surface area contributed by atoms with E-state index in [2.05, 4.69) is 15.5 Å². The fourth-order valence-electron chi connectivity index (χ4n) is 4.03. The summed E-state index contributed by atoms with van der Waals surface area (Å²) in [6.07, 6.45) is 5.40. The van der Waals surface area contributed by atoms with Crippen LogP contribution in [-0.4, -0.2) is 33.2 Å². The Morgan fingerprint density at radius 2 is 1.94 bits per heavy atom. The molecule has 3 aromatic rings. The van der Waals surface area contributed by atoms with Crippen LogP contribution in [0.4, 0.5) is 4.39 Å². The molecule has 0 unspecified atom stereocenters. The Balaban J connectivity index is 1.58. The molecule has 0 fully saturated rings. The standard InChI is InChI=1S/C25H23ClFN3O3/c26-18-6-3-4-16(13-18)12-17-5-1-2-7-20-22(17)29-30-23(20)24(31)28-21(25(32)33)14-15-8-10-19(27)11-9-15/h3-4,6,8-13,21H,1-2,5,7,14H2,(H,28,31)(H,29,30)(H,32,33)/b17-12+/t21-/m1/s1. The maximum absolute atomic E-state index is 13.2. The monoisotopic (exact) mass is 467 g/mol. The van der Waals surface area contributed by atoms with Crippen LogP contribution in [0.1, 0.15) is 52.1 Å². The van der Waals surface area contributed by atoms with E-state index in [0.717, 1.165) is 41.7 Å². The average molecular weight is 468 g/mol. The Morgan fingerprint density at radius 3 is 2.67 bits per heavy atom. The van der Waals surface area contributed by atoms with E-state index in [-0.39, 0.29) is 12.1 Å². The number of benzene rings is 2. The number of amides is 1. The molecular weight excluding hydrogens is 445 g/mol. The van der Waals surface area contributed by atoms with Crippen LogP contribution in [0.15, 0.2) is 48.5 Å². The molecule has 1 heterocycles. The number of aromatic amines is 1. The highest BCUT2D eigenvalue weighted by atomic mass is 35.5. The second kappa shape index (κ2) is 10.0. The zero-order chi connectivity index (χ0) is 23.4. The molecule has 170 valence electrons. The third-order valence-corrected chi connectivity index (χ3v) is 5.91. The molecule has 0 bridgehead atoms. The topological polar surface area (TPSA) is 95.1 Å². The van der Waals surface area contributed by atoms with Gasteiger partial charge in [0.2, 0.25) is 0 Å². The number of halogens is 2. The van der Waals surface area contributed by atoms with Gasteiger partial charge in [-0.15, -0.1) is 0 Å². The van der Waals surface area contributed by atoms with Gasteiger partial charge in [-0.25, -0.2) is 9.18 Å². The molecule has 1 aliphatic rings. The number of nitrogens with one attached hydrogen (secondary N) is 2. The van der Waals surface area contributed by atoms with Crippen LogP contribution in [0.2, 0.25) is 5.02 Å². The minimum atomic E-state index is -1.17. The highest BCUT2D eigenvalue weighted by Crippen LogP contribution is 2.32. The number of H-pyrrole nitrogens is 1. The number of fused-ring (bicyclic) bond motifs is 1. The van der Waals surface area contributed by atoms with E-state index in [1.165, 1.54) is 24.3 Å². The van der Waals surface area contributed by atoms with Gasteiger partial charge in [0.05, 0.1) is 5.69 Å². The summed E-state index contributed by atoms with van der Waals surface area (Å²) in [5.74, 6) is -2.13. The van der Waals surface area contributed by atoms with Crippen molar-refractivity contribution >= 4 is 35.1 Å². The van der Waals surface area contributed by atoms with Crippen molar-refractivity contribution in [1.82, 2.24) is 15.5 Å². The number of carbonyl (C=O) groups excluding carboxylic acids is 1. The lowest BCUT2D eigenvalue weighted by Crippen LogP contribution is -2.42. The Labute approximate surface area is 195 Å². The number of carbonyl (C=O) groups is 2. The van der Waals surface area contributed by atoms with Gasteiger partial charge in [0.25, 0.3) is 5.91 Å². The largest absolute Gasteiger partial charge is 0.480 e. The van der Waals surface area contributed by atoms with Crippen molar-refractivity contribution in [1.29, 1.82) is 0 Å². The first-order chi connectivity index (χ1) is 15.9. The average Bonchev–Trinajstić information content (AvgIpc) is 3.11. The zero-order valence-corrected chi connectivity index (χ0v) is 18.5. The van der Waals surface area contributed by atoms with Gasteiger partial charge in [0.1, 0.15) is 11.9 Å². The Hall–Kier alpha value is -3.45. The number of carboxylic acids is 1. The Kier molecular flexibility index (Phi) is 6.89. The molecule has 0 radical (unpaired) electrons. The molecule has 8 heteroatoms. The first kappa shape index (κ1) is 22.7. The lowest BCUT2D eigenvalue weighted by atomic mass is 10.0. The molecule has 0 spiro atoms. The van der Waals surface area contributed by atoms with Crippen LogP contribution in [0.5, 0.6) is 0 Å². The normalized spacial score (nSPS) is 15.5.